The van der Waals surface area contributed by atoms with Crippen LogP contribution in [0.3, 0.4) is 0 Å². The van der Waals surface area contributed by atoms with Crippen molar-refractivity contribution in [2.45, 2.75) is 26.3 Å². The predicted molar refractivity (Wildman–Crippen MR) is 97.5 cm³/mol. The highest BCUT2D eigenvalue weighted by Crippen LogP contribution is 2.23. The lowest BCUT2D eigenvalue weighted by molar-refractivity contribution is 0.0274. The monoisotopic (exact) mass is 380 g/mol. The molecule has 1 aromatic carbocycles. The van der Waals surface area contributed by atoms with E-state index in [0.29, 0.717) is 19.8 Å². The minimum absolute atomic E-state index is 0.0556. The SMILES string of the molecule is CCS(=O)(=O)N[C@H]1COCC[C@@H]1COc1ccc(-c2cc(C)on2)cc1. The van der Waals surface area contributed by atoms with Crippen LogP contribution in [0.2, 0.25) is 0 Å². The first kappa shape index (κ1) is 18.9. The maximum absolute atomic E-state index is 11.8. The second kappa shape index (κ2) is 8.20. The maximum Gasteiger partial charge on any atom is 0.211 e. The molecule has 0 amide bonds. The Morgan fingerprint density at radius 2 is 2.08 bits per heavy atom. The molecule has 0 spiro atoms. The van der Waals surface area contributed by atoms with Crippen LogP contribution in [-0.2, 0) is 14.8 Å². The van der Waals surface area contributed by atoms with Gasteiger partial charge in [0.25, 0.3) is 0 Å². The summed E-state index contributed by atoms with van der Waals surface area (Å²) in [6.07, 6.45) is 0.757. The summed E-state index contributed by atoms with van der Waals surface area (Å²) < 4.78 is 42.8. The molecule has 1 aliphatic heterocycles. The standard InChI is InChI=1S/C18H24N2O5S/c1-3-26(21,22)20-18-12-23-9-8-15(18)11-24-16-6-4-14(5-7-16)17-10-13(2)25-19-17/h4-7,10,15,18,20H,3,8-9,11-12H2,1-2H3/t15-,18+/m1/s1. The summed E-state index contributed by atoms with van der Waals surface area (Å²) >= 11 is 0. The Hall–Kier alpha value is -1.90. The molecular weight excluding hydrogens is 356 g/mol. The van der Waals surface area contributed by atoms with Crippen molar-refractivity contribution in [1.29, 1.82) is 0 Å². The molecule has 3 rings (SSSR count). The first-order valence-corrected chi connectivity index (χ1v) is 10.4. The van der Waals surface area contributed by atoms with E-state index in [0.717, 1.165) is 29.2 Å². The quantitative estimate of drug-likeness (QED) is 0.793. The molecule has 0 radical (unpaired) electrons. The Kier molecular flexibility index (Phi) is 5.95. The van der Waals surface area contributed by atoms with Crippen molar-refractivity contribution < 1.29 is 22.4 Å². The van der Waals surface area contributed by atoms with Crippen LogP contribution < -0.4 is 9.46 Å². The molecule has 7 nitrogen and oxygen atoms in total. The van der Waals surface area contributed by atoms with Gasteiger partial charge in [0.1, 0.15) is 17.2 Å². The van der Waals surface area contributed by atoms with Gasteiger partial charge in [0.05, 0.1) is 25.0 Å². The van der Waals surface area contributed by atoms with Crippen LogP contribution in [0.4, 0.5) is 0 Å². The second-order valence-corrected chi connectivity index (χ2v) is 8.45. The van der Waals surface area contributed by atoms with E-state index in [1.807, 2.05) is 37.3 Å². The van der Waals surface area contributed by atoms with Gasteiger partial charge < -0.3 is 14.0 Å². The van der Waals surface area contributed by atoms with Crippen LogP contribution in [-0.4, -0.2) is 45.2 Å². The summed E-state index contributed by atoms with van der Waals surface area (Å²) in [5, 5.41) is 3.99. The maximum atomic E-state index is 11.8. The van der Waals surface area contributed by atoms with Crippen LogP contribution >= 0.6 is 0 Å². The fourth-order valence-electron chi connectivity index (χ4n) is 2.85. The zero-order valence-electron chi connectivity index (χ0n) is 15.0. The lowest BCUT2D eigenvalue weighted by Crippen LogP contribution is -2.48. The number of rotatable bonds is 7. The number of nitrogens with one attached hydrogen (secondary N) is 1. The Bertz CT molecular complexity index is 816. The first-order valence-electron chi connectivity index (χ1n) is 8.71. The topological polar surface area (TPSA) is 90.7 Å². The molecule has 0 saturated carbocycles. The highest BCUT2D eigenvalue weighted by molar-refractivity contribution is 7.89. The second-order valence-electron chi connectivity index (χ2n) is 6.41. The largest absolute Gasteiger partial charge is 0.493 e. The van der Waals surface area contributed by atoms with Gasteiger partial charge in [0.2, 0.25) is 10.0 Å². The molecule has 1 saturated heterocycles. The fraction of sp³-hybridized carbons (Fsp3) is 0.500. The molecule has 8 heteroatoms. The van der Waals surface area contributed by atoms with Gasteiger partial charge in [-0.2, -0.15) is 0 Å². The molecule has 1 aromatic heterocycles. The zero-order chi connectivity index (χ0) is 18.6. The number of hydrogen-bond acceptors (Lipinski definition) is 6. The minimum atomic E-state index is -3.27. The van der Waals surface area contributed by atoms with Gasteiger partial charge in [-0.3, -0.25) is 0 Å². The normalized spacial score (nSPS) is 20.8. The molecule has 0 aliphatic carbocycles. The van der Waals surface area contributed by atoms with E-state index >= 15 is 0 Å². The number of ether oxygens (including phenoxy) is 2. The molecule has 2 heterocycles. The number of aryl methyl sites for hydroxylation is 1. The molecular formula is C18H24N2O5S. The van der Waals surface area contributed by atoms with E-state index in [1.54, 1.807) is 6.92 Å². The van der Waals surface area contributed by atoms with E-state index in [2.05, 4.69) is 9.88 Å². The van der Waals surface area contributed by atoms with E-state index in [4.69, 9.17) is 14.0 Å². The number of aromatic nitrogens is 1. The van der Waals surface area contributed by atoms with Crippen molar-refractivity contribution in [3.05, 3.63) is 36.1 Å². The van der Waals surface area contributed by atoms with Crippen molar-refractivity contribution in [3.63, 3.8) is 0 Å². The Labute approximate surface area is 153 Å². The highest BCUT2D eigenvalue weighted by atomic mass is 32.2. The Morgan fingerprint density at radius 3 is 2.73 bits per heavy atom. The summed E-state index contributed by atoms with van der Waals surface area (Å²) in [5.41, 5.74) is 1.74. The predicted octanol–water partition coefficient (Wildman–Crippen LogP) is 2.37. The third-order valence-electron chi connectivity index (χ3n) is 4.45. The molecule has 0 bridgehead atoms. The summed E-state index contributed by atoms with van der Waals surface area (Å²) in [6.45, 7) is 4.89. The van der Waals surface area contributed by atoms with Crippen LogP contribution in [0.15, 0.2) is 34.9 Å². The summed E-state index contributed by atoms with van der Waals surface area (Å²) in [5.74, 6) is 1.63. The molecule has 1 N–H and O–H groups in total. The van der Waals surface area contributed by atoms with Crippen LogP contribution in [0.1, 0.15) is 19.1 Å². The lowest BCUT2D eigenvalue weighted by Gasteiger charge is -2.31. The zero-order valence-corrected chi connectivity index (χ0v) is 15.8. The van der Waals surface area contributed by atoms with Crippen molar-refractivity contribution in [2.24, 2.45) is 5.92 Å². The summed E-state index contributed by atoms with van der Waals surface area (Å²) in [7, 11) is -3.27. The molecule has 1 fully saturated rings. The first-order chi connectivity index (χ1) is 12.5. The third kappa shape index (κ3) is 4.84. The fourth-order valence-corrected chi connectivity index (χ4v) is 3.74. The average molecular weight is 380 g/mol. The van der Waals surface area contributed by atoms with Crippen molar-refractivity contribution in [3.8, 4) is 17.0 Å². The van der Waals surface area contributed by atoms with Gasteiger partial charge in [-0.25, -0.2) is 13.1 Å². The van der Waals surface area contributed by atoms with E-state index in [9.17, 15) is 8.42 Å². The van der Waals surface area contributed by atoms with Crippen molar-refractivity contribution >= 4 is 10.0 Å². The van der Waals surface area contributed by atoms with Gasteiger partial charge in [-0.05, 0) is 44.5 Å². The number of nitrogens with zero attached hydrogens (tertiary/aromatic N) is 1. The van der Waals surface area contributed by atoms with Gasteiger partial charge in [0, 0.05) is 24.2 Å². The Morgan fingerprint density at radius 1 is 1.31 bits per heavy atom. The highest BCUT2D eigenvalue weighted by Gasteiger charge is 2.29. The average Bonchev–Trinajstić information content (AvgIpc) is 3.07. The lowest BCUT2D eigenvalue weighted by atomic mass is 9.97. The van der Waals surface area contributed by atoms with E-state index in [1.165, 1.54) is 0 Å². The van der Waals surface area contributed by atoms with Crippen LogP contribution in [0.25, 0.3) is 11.3 Å². The van der Waals surface area contributed by atoms with Crippen LogP contribution in [0, 0.1) is 12.8 Å². The van der Waals surface area contributed by atoms with E-state index < -0.39 is 10.0 Å². The summed E-state index contributed by atoms with van der Waals surface area (Å²) in [4.78, 5) is 0. The third-order valence-corrected chi connectivity index (χ3v) is 5.87. The molecule has 142 valence electrons. The summed E-state index contributed by atoms with van der Waals surface area (Å²) in [6, 6.07) is 9.23. The minimum Gasteiger partial charge on any atom is -0.493 e. The number of sulfonamides is 1. The van der Waals surface area contributed by atoms with Crippen LogP contribution in [0.5, 0.6) is 5.75 Å². The van der Waals surface area contributed by atoms with Gasteiger partial charge in [-0.15, -0.1) is 0 Å². The van der Waals surface area contributed by atoms with Gasteiger partial charge in [-0.1, -0.05) is 5.16 Å². The molecule has 1 aliphatic rings. The van der Waals surface area contributed by atoms with E-state index in [-0.39, 0.29) is 17.7 Å². The molecule has 2 atom stereocenters. The molecule has 26 heavy (non-hydrogen) atoms. The van der Waals surface area contributed by atoms with Gasteiger partial charge in [0.15, 0.2) is 0 Å². The Balaban J connectivity index is 1.60. The van der Waals surface area contributed by atoms with Gasteiger partial charge >= 0.3 is 0 Å². The van der Waals surface area contributed by atoms with Crippen molar-refractivity contribution in [1.82, 2.24) is 9.88 Å². The van der Waals surface area contributed by atoms with Crippen molar-refractivity contribution in [2.75, 3.05) is 25.6 Å². The number of benzene rings is 1. The molecule has 2 aromatic rings. The molecule has 0 unspecified atom stereocenters. The number of hydrogen-bond donors (Lipinski definition) is 1. The smallest absolute Gasteiger partial charge is 0.211 e.